The van der Waals surface area contributed by atoms with E-state index in [4.69, 9.17) is 34.8 Å². The predicted octanol–water partition coefficient (Wildman–Crippen LogP) is 7.14. The lowest BCUT2D eigenvalue weighted by atomic mass is 9.79. The van der Waals surface area contributed by atoms with E-state index in [0.29, 0.717) is 35.6 Å². The number of nitrogens with one attached hydrogen (secondary N) is 1. The summed E-state index contributed by atoms with van der Waals surface area (Å²) in [6, 6.07) is 11.5. The van der Waals surface area contributed by atoms with E-state index < -0.39 is 23.9 Å². The predicted molar refractivity (Wildman–Crippen MR) is 206 cm³/mol. The van der Waals surface area contributed by atoms with Crippen molar-refractivity contribution in [2.45, 2.75) is 100.0 Å². The second kappa shape index (κ2) is 15.2. The SMILES string of the molecule is CCC(C)(C)C(=O)OCCCN1c2cc(C)c(/N=C3/C(C(C)(C)C)=Nn4nc(-c5ccc(NC(=O)COCC(=O)O)cc5)nc43)cc2C(C)CC1(C)C. The molecule has 2 aliphatic heterocycles. The van der Waals surface area contributed by atoms with Crippen molar-refractivity contribution < 1.29 is 29.0 Å². The first-order valence-electron chi connectivity index (χ1n) is 18.3. The van der Waals surface area contributed by atoms with Gasteiger partial charge in [-0.2, -0.15) is 5.10 Å². The molecule has 53 heavy (non-hydrogen) atoms. The Hall–Kier alpha value is -4.91. The van der Waals surface area contributed by atoms with Crippen LogP contribution in [0.15, 0.2) is 46.5 Å². The van der Waals surface area contributed by atoms with Gasteiger partial charge in [-0.1, -0.05) is 34.6 Å². The molecule has 0 bridgehead atoms. The van der Waals surface area contributed by atoms with E-state index in [1.54, 1.807) is 29.1 Å². The summed E-state index contributed by atoms with van der Waals surface area (Å²) >= 11 is 0. The van der Waals surface area contributed by atoms with Crippen LogP contribution in [0.1, 0.15) is 104 Å². The van der Waals surface area contributed by atoms with Gasteiger partial charge in [0.15, 0.2) is 5.82 Å². The van der Waals surface area contributed by atoms with Crippen molar-refractivity contribution in [1.29, 1.82) is 0 Å². The zero-order valence-electron chi connectivity index (χ0n) is 32.7. The summed E-state index contributed by atoms with van der Waals surface area (Å²) in [6.07, 6.45) is 2.43. The molecule has 284 valence electrons. The molecule has 0 aliphatic carbocycles. The van der Waals surface area contributed by atoms with Gasteiger partial charge in [-0.05, 0) is 107 Å². The van der Waals surface area contributed by atoms with Crippen molar-refractivity contribution in [3.8, 4) is 11.4 Å². The number of ether oxygens (including phenoxy) is 2. The maximum absolute atomic E-state index is 12.6. The molecule has 0 fully saturated rings. The lowest BCUT2D eigenvalue weighted by Gasteiger charge is -2.48. The summed E-state index contributed by atoms with van der Waals surface area (Å²) in [7, 11) is 0. The molecule has 3 aromatic rings. The van der Waals surface area contributed by atoms with Crippen molar-refractivity contribution in [2.75, 3.05) is 36.6 Å². The first-order chi connectivity index (χ1) is 24.8. The van der Waals surface area contributed by atoms with Gasteiger partial charge in [0, 0.05) is 34.4 Å². The highest BCUT2D eigenvalue weighted by Crippen LogP contribution is 2.46. The van der Waals surface area contributed by atoms with Crippen LogP contribution in [0, 0.1) is 17.8 Å². The van der Waals surface area contributed by atoms with E-state index in [9.17, 15) is 14.4 Å². The molecule has 1 atom stereocenters. The summed E-state index contributed by atoms with van der Waals surface area (Å²) in [5, 5.41) is 20.9. The number of aromatic nitrogens is 3. The summed E-state index contributed by atoms with van der Waals surface area (Å²) < 4.78 is 10.5. The quantitative estimate of drug-likeness (QED) is 0.138. The van der Waals surface area contributed by atoms with Gasteiger partial charge in [0.25, 0.3) is 0 Å². The van der Waals surface area contributed by atoms with Crippen molar-refractivity contribution in [3.05, 3.63) is 53.3 Å². The van der Waals surface area contributed by atoms with E-state index in [0.717, 1.165) is 48.3 Å². The number of carboxylic acid groups (broad SMARTS) is 1. The van der Waals surface area contributed by atoms with E-state index >= 15 is 0 Å². The van der Waals surface area contributed by atoms with Crippen LogP contribution in [-0.4, -0.2) is 81.2 Å². The van der Waals surface area contributed by atoms with Crippen LogP contribution in [0.3, 0.4) is 0 Å². The lowest BCUT2D eigenvalue weighted by Crippen LogP contribution is -2.49. The number of anilines is 2. The standard InChI is InChI=1S/C40H53N7O6/c1-11-39(7,8)37(51)53-18-12-17-46-30-19-24(2)29(20-28(30)25(3)21-40(46,9)10)42-33-34(38(4,5)6)44-47-36(33)43-35(45-47)26-13-15-27(16-14-26)41-31(48)22-52-23-32(49)50/h13-16,19-20,25H,11-12,17-18,21-23H2,1-10H3,(H,41,48)(H,49,50)/b42-33-. The van der Waals surface area contributed by atoms with Crippen molar-refractivity contribution in [3.63, 3.8) is 0 Å². The topological polar surface area (TPSA) is 161 Å². The molecule has 1 aromatic heterocycles. The van der Waals surface area contributed by atoms with Gasteiger partial charge < -0.3 is 24.8 Å². The molecule has 5 rings (SSSR count). The molecule has 0 spiro atoms. The number of esters is 1. The Morgan fingerprint density at radius 3 is 2.42 bits per heavy atom. The highest BCUT2D eigenvalue weighted by Gasteiger charge is 2.38. The molecule has 0 saturated heterocycles. The number of benzene rings is 2. The number of aliphatic imine (C=N–C) groups is 1. The van der Waals surface area contributed by atoms with Gasteiger partial charge in [-0.15, -0.1) is 9.89 Å². The number of hydrogen-bond acceptors (Lipinski definition) is 10. The molecule has 2 aliphatic rings. The Labute approximate surface area is 311 Å². The highest BCUT2D eigenvalue weighted by atomic mass is 16.5. The maximum atomic E-state index is 12.6. The van der Waals surface area contributed by atoms with Gasteiger partial charge in [-0.3, -0.25) is 9.59 Å². The second-order valence-corrected chi connectivity index (χ2v) is 16.3. The monoisotopic (exact) mass is 727 g/mol. The number of carbonyl (C=O) groups excluding carboxylic acids is 2. The van der Waals surface area contributed by atoms with Crippen LogP contribution in [0.4, 0.5) is 17.1 Å². The highest BCUT2D eigenvalue weighted by molar-refractivity contribution is 6.50. The summed E-state index contributed by atoms with van der Waals surface area (Å²) in [6.45, 7) is 21.3. The van der Waals surface area contributed by atoms with Crippen LogP contribution < -0.4 is 10.2 Å². The van der Waals surface area contributed by atoms with Crippen molar-refractivity contribution >= 4 is 46.3 Å². The third-order valence-corrected chi connectivity index (χ3v) is 9.95. The number of rotatable bonds is 13. The van der Waals surface area contributed by atoms with Gasteiger partial charge in [0.1, 0.15) is 18.9 Å². The molecule has 13 nitrogen and oxygen atoms in total. The largest absolute Gasteiger partial charge is 0.480 e. The van der Waals surface area contributed by atoms with Crippen LogP contribution in [0.25, 0.3) is 11.4 Å². The third-order valence-electron chi connectivity index (χ3n) is 9.95. The van der Waals surface area contributed by atoms with E-state index in [2.05, 4.69) is 70.8 Å². The molecule has 0 saturated carbocycles. The Kier molecular flexibility index (Phi) is 11.3. The molecule has 2 N–H and O–H groups in total. The fraction of sp³-hybridized carbons (Fsp3) is 0.525. The number of carbonyl (C=O) groups is 3. The molecule has 1 amide bonds. The second-order valence-electron chi connectivity index (χ2n) is 16.3. The molecular weight excluding hydrogens is 674 g/mol. The van der Waals surface area contributed by atoms with E-state index in [1.165, 1.54) is 11.3 Å². The van der Waals surface area contributed by atoms with Crippen molar-refractivity contribution in [1.82, 2.24) is 14.9 Å². The molecule has 3 heterocycles. The van der Waals surface area contributed by atoms with Crippen LogP contribution in [-0.2, 0) is 23.9 Å². The third kappa shape index (κ3) is 8.84. The van der Waals surface area contributed by atoms with Crippen molar-refractivity contribution in [2.24, 2.45) is 20.9 Å². The summed E-state index contributed by atoms with van der Waals surface area (Å²) in [4.78, 5) is 49.4. The number of aliphatic carboxylic acids is 1. The van der Waals surface area contributed by atoms with Crippen LogP contribution >= 0.6 is 0 Å². The van der Waals surface area contributed by atoms with Gasteiger partial charge in [0.2, 0.25) is 11.7 Å². The summed E-state index contributed by atoms with van der Waals surface area (Å²) in [5.74, 6) is -0.435. The fourth-order valence-corrected chi connectivity index (χ4v) is 6.64. The molecule has 1 unspecified atom stereocenters. The van der Waals surface area contributed by atoms with Crippen LogP contribution in [0.5, 0.6) is 0 Å². The molecule has 13 heteroatoms. The average molecular weight is 728 g/mol. The maximum Gasteiger partial charge on any atom is 0.329 e. The zero-order chi connectivity index (χ0) is 38.9. The fourth-order valence-electron chi connectivity index (χ4n) is 6.64. The van der Waals surface area contributed by atoms with Gasteiger partial charge in [0.05, 0.1) is 23.4 Å². The number of carboxylic acids is 1. The van der Waals surface area contributed by atoms with Gasteiger partial charge >= 0.3 is 11.9 Å². The molecular formula is C40H53N7O6. The zero-order valence-corrected chi connectivity index (χ0v) is 32.7. The Morgan fingerprint density at radius 1 is 1.08 bits per heavy atom. The first kappa shape index (κ1) is 39.3. The van der Waals surface area contributed by atoms with Crippen LogP contribution in [0.2, 0.25) is 0 Å². The lowest BCUT2D eigenvalue weighted by molar-refractivity contribution is -0.154. The minimum Gasteiger partial charge on any atom is -0.480 e. The number of nitrogens with zero attached hydrogens (tertiary/aromatic N) is 6. The average Bonchev–Trinajstić information content (AvgIpc) is 3.64. The normalized spacial score (nSPS) is 17.3. The molecule has 2 aromatic carbocycles. The number of aryl methyl sites for hydroxylation is 1. The van der Waals surface area contributed by atoms with E-state index in [-0.39, 0.29) is 23.5 Å². The number of fused-ring (bicyclic) bond motifs is 2. The minimum atomic E-state index is -1.14. The van der Waals surface area contributed by atoms with Gasteiger partial charge in [-0.25, -0.2) is 14.8 Å². The Bertz CT molecular complexity index is 1940. The number of amides is 1. The molecule has 0 radical (unpaired) electrons. The van der Waals surface area contributed by atoms with E-state index in [1.807, 2.05) is 20.8 Å². The smallest absolute Gasteiger partial charge is 0.329 e. The minimum absolute atomic E-state index is 0.0799. The summed E-state index contributed by atoms with van der Waals surface area (Å²) in [5.41, 5.74) is 6.11. The first-order valence-corrected chi connectivity index (χ1v) is 18.3. The Morgan fingerprint density at radius 2 is 1.77 bits per heavy atom. The number of hydrogen-bond donors (Lipinski definition) is 2. The Balaban J connectivity index is 1.40.